The highest BCUT2D eigenvalue weighted by Gasteiger charge is 2.39. The molecule has 4 aromatic carbocycles. The van der Waals surface area contributed by atoms with E-state index in [9.17, 15) is 0 Å². The van der Waals surface area contributed by atoms with E-state index in [0.717, 1.165) is 57.9 Å². The van der Waals surface area contributed by atoms with Crippen LogP contribution in [0.2, 0.25) is 0 Å². The molecule has 0 atom stereocenters. The van der Waals surface area contributed by atoms with Gasteiger partial charge in [-0.2, -0.15) is 0 Å². The van der Waals surface area contributed by atoms with Crippen molar-refractivity contribution in [1.29, 1.82) is 0 Å². The fourth-order valence-corrected chi connectivity index (χ4v) is 5.38. The highest BCUT2D eigenvalue weighted by Crippen LogP contribution is 2.52. The lowest BCUT2D eigenvalue weighted by molar-refractivity contribution is 0.375. The van der Waals surface area contributed by atoms with Crippen LogP contribution in [0.4, 0.5) is 0 Å². The Hall–Kier alpha value is -3.98. The molecule has 0 saturated heterocycles. The second-order valence-corrected chi connectivity index (χ2v) is 8.88. The van der Waals surface area contributed by atoms with Crippen LogP contribution in [-0.4, -0.2) is 9.97 Å². The first kappa shape index (κ1) is 20.6. The first-order chi connectivity index (χ1) is 16.7. The molecule has 3 heteroatoms. The summed E-state index contributed by atoms with van der Waals surface area (Å²) < 4.78 is 6.35. The maximum Gasteiger partial charge on any atom is 0.160 e. The Balaban J connectivity index is 1.56. The number of hydrogen-bond donors (Lipinski definition) is 0. The van der Waals surface area contributed by atoms with E-state index >= 15 is 0 Å². The molecule has 1 aliphatic heterocycles. The Morgan fingerprint density at radius 1 is 0.647 bits per heavy atom. The molecule has 5 aromatic rings. The lowest BCUT2D eigenvalue weighted by Gasteiger charge is -2.39. The van der Waals surface area contributed by atoms with Gasteiger partial charge in [-0.1, -0.05) is 80.6 Å². The van der Waals surface area contributed by atoms with Crippen LogP contribution in [0.1, 0.15) is 37.8 Å². The van der Waals surface area contributed by atoms with Gasteiger partial charge in [-0.15, -0.1) is 0 Å². The lowest BCUT2D eigenvalue weighted by atomic mass is 9.68. The molecule has 0 radical (unpaired) electrons. The number of para-hydroxylation sites is 2. The van der Waals surface area contributed by atoms with E-state index in [-0.39, 0.29) is 5.41 Å². The summed E-state index contributed by atoms with van der Waals surface area (Å²) >= 11 is 0. The van der Waals surface area contributed by atoms with Crippen LogP contribution < -0.4 is 4.74 Å². The summed E-state index contributed by atoms with van der Waals surface area (Å²) in [4.78, 5) is 10.1. The summed E-state index contributed by atoms with van der Waals surface area (Å²) in [5.41, 5.74) is 6.38. The molecular formula is C31H26N2O. The molecule has 1 aromatic heterocycles. The predicted molar refractivity (Wildman–Crippen MR) is 138 cm³/mol. The first-order valence-corrected chi connectivity index (χ1v) is 12.0. The maximum absolute atomic E-state index is 6.35. The molecule has 6 rings (SSSR count). The third-order valence-electron chi connectivity index (χ3n) is 7.23. The molecule has 0 spiro atoms. The first-order valence-electron chi connectivity index (χ1n) is 12.0. The molecule has 0 unspecified atom stereocenters. The van der Waals surface area contributed by atoms with Gasteiger partial charge in [0.1, 0.15) is 11.5 Å². The fraction of sp³-hybridized carbons (Fsp3) is 0.161. The van der Waals surface area contributed by atoms with E-state index in [1.165, 1.54) is 11.1 Å². The van der Waals surface area contributed by atoms with Crippen LogP contribution >= 0.6 is 0 Å². The number of ether oxygens (including phenoxy) is 1. The zero-order valence-corrected chi connectivity index (χ0v) is 19.5. The Morgan fingerprint density at radius 2 is 1.35 bits per heavy atom. The number of nitrogens with zero attached hydrogens (tertiary/aromatic N) is 2. The van der Waals surface area contributed by atoms with Gasteiger partial charge < -0.3 is 4.74 Å². The quantitative estimate of drug-likeness (QED) is 0.281. The van der Waals surface area contributed by atoms with E-state index in [1.54, 1.807) is 0 Å². The van der Waals surface area contributed by atoms with Crippen molar-refractivity contribution < 1.29 is 4.74 Å². The zero-order valence-electron chi connectivity index (χ0n) is 19.5. The van der Waals surface area contributed by atoms with Crippen molar-refractivity contribution in [2.75, 3.05) is 0 Å². The van der Waals surface area contributed by atoms with E-state index in [2.05, 4.69) is 86.6 Å². The Kier molecular flexibility index (Phi) is 4.91. The second-order valence-electron chi connectivity index (χ2n) is 8.88. The average molecular weight is 443 g/mol. The van der Waals surface area contributed by atoms with Gasteiger partial charge in [0.15, 0.2) is 5.82 Å². The van der Waals surface area contributed by atoms with Crippen molar-refractivity contribution in [3.8, 4) is 34.1 Å². The molecule has 1 aliphatic rings. The second kappa shape index (κ2) is 8.11. The van der Waals surface area contributed by atoms with E-state index in [4.69, 9.17) is 14.7 Å². The number of rotatable bonds is 4. The number of fused-ring (bicyclic) bond motifs is 3. The molecule has 3 nitrogen and oxygen atoms in total. The minimum Gasteiger partial charge on any atom is -0.457 e. The van der Waals surface area contributed by atoms with Crippen molar-refractivity contribution in [2.45, 2.75) is 32.1 Å². The predicted octanol–water partition coefficient (Wildman–Crippen LogP) is 8.18. The molecule has 0 bridgehead atoms. The normalized spacial score (nSPS) is 13.7. The van der Waals surface area contributed by atoms with Crippen LogP contribution in [0.15, 0.2) is 97.1 Å². The van der Waals surface area contributed by atoms with E-state index in [1.807, 2.05) is 24.3 Å². The monoisotopic (exact) mass is 442 g/mol. The summed E-state index contributed by atoms with van der Waals surface area (Å²) in [5.74, 6) is 2.62. The van der Waals surface area contributed by atoms with Gasteiger partial charge >= 0.3 is 0 Å². The molecular weight excluding hydrogens is 416 g/mol. The summed E-state index contributed by atoms with van der Waals surface area (Å²) in [6.45, 7) is 4.53. The van der Waals surface area contributed by atoms with Gasteiger partial charge in [0.05, 0.1) is 11.2 Å². The van der Waals surface area contributed by atoms with Crippen molar-refractivity contribution in [1.82, 2.24) is 9.97 Å². The van der Waals surface area contributed by atoms with Crippen LogP contribution in [0.25, 0.3) is 33.5 Å². The van der Waals surface area contributed by atoms with Crippen LogP contribution in [0.3, 0.4) is 0 Å². The zero-order chi connectivity index (χ0) is 23.1. The average Bonchev–Trinajstić information content (AvgIpc) is 2.91. The van der Waals surface area contributed by atoms with Gasteiger partial charge in [0, 0.05) is 33.1 Å². The third-order valence-corrected chi connectivity index (χ3v) is 7.23. The Bertz CT molecular complexity index is 1500. The van der Waals surface area contributed by atoms with Gasteiger partial charge in [-0.05, 0) is 43.2 Å². The van der Waals surface area contributed by atoms with Crippen molar-refractivity contribution in [3.63, 3.8) is 0 Å². The number of benzene rings is 4. The van der Waals surface area contributed by atoms with E-state index in [0.29, 0.717) is 0 Å². The maximum atomic E-state index is 6.35. The summed E-state index contributed by atoms with van der Waals surface area (Å²) in [6.07, 6.45) is 1.99. The van der Waals surface area contributed by atoms with Gasteiger partial charge in [0.25, 0.3) is 0 Å². The van der Waals surface area contributed by atoms with Crippen molar-refractivity contribution in [2.24, 2.45) is 0 Å². The molecule has 0 fully saturated rings. The minimum absolute atomic E-state index is 0.0979. The van der Waals surface area contributed by atoms with Crippen molar-refractivity contribution >= 4 is 10.9 Å². The lowest BCUT2D eigenvalue weighted by Crippen LogP contribution is -2.30. The molecule has 166 valence electrons. The Morgan fingerprint density at radius 3 is 2.18 bits per heavy atom. The highest BCUT2D eigenvalue weighted by atomic mass is 16.5. The van der Waals surface area contributed by atoms with Gasteiger partial charge in [0.2, 0.25) is 0 Å². The Labute approximate surface area is 200 Å². The van der Waals surface area contributed by atoms with Crippen LogP contribution in [0.5, 0.6) is 11.5 Å². The molecule has 0 saturated carbocycles. The summed E-state index contributed by atoms with van der Waals surface area (Å²) in [6, 6.07) is 33.4. The standard InChI is InChI=1S/C31H26N2O/c1-3-31(4-2)24-15-9-11-17-27(24)34-28-19-18-22(20-25(28)31)30-32-26-16-10-8-14-23(26)29(33-30)21-12-6-5-7-13-21/h5-20H,3-4H2,1-2H3. The van der Waals surface area contributed by atoms with Crippen molar-refractivity contribution in [3.05, 3.63) is 108 Å². The number of hydrogen-bond acceptors (Lipinski definition) is 3. The smallest absolute Gasteiger partial charge is 0.160 e. The third kappa shape index (κ3) is 3.12. The molecule has 34 heavy (non-hydrogen) atoms. The van der Waals surface area contributed by atoms with Crippen LogP contribution in [0, 0.1) is 0 Å². The largest absolute Gasteiger partial charge is 0.457 e. The number of aromatic nitrogens is 2. The molecule has 0 N–H and O–H groups in total. The summed E-state index contributed by atoms with van der Waals surface area (Å²) in [7, 11) is 0. The highest BCUT2D eigenvalue weighted by molar-refractivity contribution is 5.93. The van der Waals surface area contributed by atoms with Crippen LogP contribution in [-0.2, 0) is 5.41 Å². The molecule has 0 aliphatic carbocycles. The topological polar surface area (TPSA) is 35.0 Å². The molecule has 2 heterocycles. The van der Waals surface area contributed by atoms with Gasteiger partial charge in [-0.3, -0.25) is 0 Å². The van der Waals surface area contributed by atoms with Gasteiger partial charge in [-0.25, -0.2) is 9.97 Å². The summed E-state index contributed by atoms with van der Waals surface area (Å²) in [5, 5.41) is 1.06. The van der Waals surface area contributed by atoms with E-state index < -0.39 is 0 Å². The minimum atomic E-state index is -0.0979. The molecule has 0 amide bonds. The fourth-order valence-electron chi connectivity index (χ4n) is 5.38. The SMILES string of the molecule is CCC1(CC)c2ccccc2Oc2ccc(-c3nc(-c4ccccc4)c4ccccc4n3)cc21.